The van der Waals surface area contributed by atoms with E-state index >= 15 is 0 Å². The highest BCUT2D eigenvalue weighted by Crippen LogP contribution is 2.24. The maximum Gasteiger partial charge on any atom is 0.335 e. The van der Waals surface area contributed by atoms with E-state index in [4.69, 9.17) is 5.11 Å². The van der Waals surface area contributed by atoms with Crippen LogP contribution in [0.1, 0.15) is 38.8 Å². The Morgan fingerprint density at radius 3 is 2.35 bits per heavy atom. The Morgan fingerprint density at radius 1 is 1.04 bits per heavy atom. The van der Waals surface area contributed by atoms with Gasteiger partial charge in [0.25, 0.3) is 5.91 Å². The fourth-order valence-electron chi connectivity index (χ4n) is 2.73. The fraction of sp³-hybridized carbons (Fsp3) is 0.222. The number of anilines is 1. The number of carbonyl (C=O) groups is 2. The molecule has 118 valence electrons. The topological polar surface area (TPSA) is 69.6 Å². The van der Waals surface area contributed by atoms with Crippen LogP contribution in [0.2, 0.25) is 0 Å². The molecule has 1 heterocycles. The summed E-state index contributed by atoms with van der Waals surface area (Å²) in [6.45, 7) is 4.93. The molecule has 0 radical (unpaired) electrons. The SMILES string of the molecule is CCN1Cc2ccc(C(=O)Nc3ccc(C(=O)O)cc3)cc2C1. The molecule has 2 aromatic carbocycles. The second-order valence-corrected chi connectivity index (χ2v) is 5.62. The molecule has 1 aliphatic rings. The van der Waals surface area contributed by atoms with Crippen LogP contribution in [0.15, 0.2) is 42.5 Å². The highest BCUT2D eigenvalue weighted by atomic mass is 16.4. The van der Waals surface area contributed by atoms with Crippen molar-refractivity contribution in [1.29, 1.82) is 0 Å². The van der Waals surface area contributed by atoms with E-state index in [1.807, 2.05) is 18.2 Å². The lowest BCUT2D eigenvalue weighted by Crippen LogP contribution is -2.14. The average Bonchev–Trinajstić information content (AvgIpc) is 2.97. The molecular formula is C18H18N2O3. The van der Waals surface area contributed by atoms with Gasteiger partial charge in [-0.1, -0.05) is 13.0 Å². The summed E-state index contributed by atoms with van der Waals surface area (Å²) in [6.07, 6.45) is 0. The molecule has 0 spiro atoms. The van der Waals surface area contributed by atoms with E-state index in [0.717, 1.165) is 19.6 Å². The van der Waals surface area contributed by atoms with Crippen molar-refractivity contribution < 1.29 is 14.7 Å². The number of hydrogen-bond acceptors (Lipinski definition) is 3. The van der Waals surface area contributed by atoms with Gasteiger partial charge in [0.15, 0.2) is 0 Å². The number of nitrogens with zero attached hydrogens (tertiary/aromatic N) is 1. The van der Waals surface area contributed by atoms with Crippen molar-refractivity contribution in [1.82, 2.24) is 4.90 Å². The van der Waals surface area contributed by atoms with Crippen molar-refractivity contribution in [2.24, 2.45) is 0 Å². The molecule has 1 amide bonds. The molecule has 0 atom stereocenters. The van der Waals surface area contributed by atoms with Crippen molar-refractivity contribution in [3.05, 3.63) is 64.7 Å². The van der Waals surface area contributed by atoms with Crippen LogP contribution in [-0.2, 0) is 13.1 Å². The smallest absolute Gasteiger partial charge is 0.335 e. The van der Waals surface area contributed by atoms with Crippen molar-refractivity contribution in [2.75, 3.05) is 11.9 Å². The summed E-state index contributed by atoms with van der Waals surface area (Å²) < 4.78 is 0. The number of rotatable bonds is 4. The Kier molecular flexibility index (Phi) is 4.12. The first kappa shape index (κ1) is 15.2. The molecule has 1 aliphatic heterocycles. The number of benzene rings is 2. The summed E-state index contributed by atoms with van der Waals surface area (Å²) in [5.74, 6) is -1.17. The van der Waals surface area contributed by atoms with Gasteiger partial charge in [-0.15, -0.1) is 0 Å². The van der Waals surface area contributed by atoms with Crippen LogP contribution in [-0.4, -0.2) is 28.4 Å². The largest absolute Gasteiger partial charge is 0.478 e. The van der Waals surface area contributed by atoms with E-state index in [0.29, 0.717) is 11.3 Å². The van der Waals surface area contributed by atoms with Crippen LogP contribution in [0.5, 0.6) is 0 Å². The predicted octanol–water partition coefficient (Wildman–Crippen LogP) is 2.97. The third-order valence-corrected chi connectivity index (χ3v) is 4.09. The van der Waals surface area contributed by atoms with Gasteiger partial charge in [-0.05, 0) is 54.1 Å². The van der Waals surface area contributed by atoms with Gasteiger partial charge in [0, 0.05) is 24.3 Å². The van der Waals surface area contributed by atoms with Gasteiger partial charge in [0.05, 0.1) is 5.56 Å². The Hall–Kier alpha value is -2.66. The average molecular weight is 310 g/mol. The molecule has 0 bridgehead atoms. The predicted molar refractivity (Wildman–Crippen MR) is 87.6 cm³/mol. The quantitative estimate of drug-likeness (QED) is 0.911. The summed E-state index contributed by atoms with van der Waals surface area (Å²) in [5.41, 5.74) is 3.86. The monoisotopic (exact) mass is 310 g/mol. The lowest BCUT2D eigenvalue weighted by Gasteiger charge is -2.09. The second kappa shape index (κ2) is 6.22. The first-order chi connectivity index (χ1) is 11.1. The van der Waals surface area contributed by atoms with Gasteiger partial charge in [-0.2, -0.15) is 0 Å². The van der Waals surface area contributed by atoms with Crippen LogP contribution >= 0.6 is 0 Å². The van der Waals surface area contributed by atoms with E-state index < -0.39 is 5.97 Å². The van der Waals surface area contributed by atoms with Crippen LogP contribution in [0, 0.1) is 0 Å². The molecule has 0 fully saturated rings. The number of hydrogen-bond donors (Lipinski definition) is 2. The van der Waals surface area contributed by atoms with Gasteiger partial charge in [0.1, 0.15) is 0 Å². The Morgan fingerprint density at radius 2 is 1.70 bits per heavy atom. The van der Waals surface area contributed by atoms with Gasteiger partial charge in [0.2, 0.25) is 0 Å². The molecule has 0 saturated carbocycles. The van der Waals surface area contributed by atoms with Gasteiger partial charge in [-0.25, -0.2) is 4.79 Å². The number of carboxylic acid groups (broad SMARTS) is 1. The summed E-state index contributed by atoms with van der Waals surface area (Å²) in [4.78, 5) is 25.5. The maximum atomic E-state index is 12.3. The van der Waals surface area contributed by atoms with Crippen molar-refractivity contribution >= 4 is 17.6 Å². The Labute approximate surface area is 134 Å². The molecule has 23 heavy (non-hydrogen) atoms. The molecule has 0 aliphatic carbocycles. The van der Waals surface area contributed by atoms with Gasteiger partial charge in [-0.3, -0.25) is 9.69 Å². The molecular weight excluding hydrogens is 292 g/mol. The molecule has 5 nitrogen and oxygen atoms in total. The molecule has 2 N–H and O–H groups in total. The fourth-order valence-corrected chi connectivity index (χ4v) is 2.73. The minimum Gasteiger partial charge on any atom is -0.478 e. The minimum atomic E-state index is -0.984. The first-order valence-electron chi connectivity index (χ1n) is 7.55. The van der Waals surface area contributed by atoms with Crippen molar-refractivity contribution in [2.45, 2.75) is 20.0 Å². The zero-order valence-electron chi connectivity index (χ0n) is 12.9. The first-order valence-corrected chi connectivity index (χ1v) is 7.55. The highest BCUT2D eigenvalue weighted by molar-refractivity contribution is 6.04. The number of carbonyl (C=O) groups excluding carboxylic acids is 1. The lowest BCUT2D eigenvalue weighted by molar-refractivity contribution is 0.0696. The van der Waals surface area contributed by atoms with E-state index in [1.165, 1.54) is 23.3 Å². The number of nitrogens with one attached hydrogen (secondary N) is 1. The third-order valence-electron chi connectivity index (χ3n) is 4.09. The molecule has 0 saturated heterocycles. The Balaban J connectivity index is 1.73. The number of fused-ring (bicyclic) bond motifs is 1. The van der Waals surface area contributed by atoms with Crippen LogP contribution in [0.4, 0.5) is 5.69 Å². The maximum absolute atomic E-state index is 12.3. The molecule has 5 heteroatoms. The van der Waals surface area contributed by atoms with E-state index in [9.17, 15) is 9.59 Å². The number of carboxylic acids is 1. The highest BCUT2D eigenvalue weighted by Gasteiger charge is 2.19. The standard InChI is InChI=1S/C18H18N2O3/c1-2-20-10-14-4-3-13(9-15(14)11-20)17(21)19-16-7-5-12(6-8-16)18(22)23/h3-9H,2,10-11H2,1H3,(H,19,21)(H,22,23). The third kappa shape index (κ3) is 3.24. The summed E-state index contributed by atoms with van der Waals surface area (Å²) >= 11 is 0. The normalized spacial score (nSPS) is 13.6. The zero-order valence-corrected chi connectivity index (χ0v) is 12.9. The second-order valence-electron chi connectivity index (χ2n) is 5.62. The van der Waals surface area contributed by atoms with E-state index in [-0.39, 0.29) is 11.5 Å². The van der Waals surface area contributed by atoms with Gasteiger partial charge < -0.3 is 10.4 Å². The molecule has 0 aromatic heterocycles. The summed E-state index contributed by atoms with van der Waals surface area (Å²) in [7, 11) is 0. The van der Waals surface area contributed by atoms with E-state index in [1.54, 1.807) is 12.1 Å². The Bertz CT molecular complexity index is 753. The van der Waals surface area contributed by atoms with E-state index in [2.05, 4.69) is 17.1 Å². The van der Waals surface area contributed by atoms with Crippen molar-refractivity contribution in [3.8, 4) is 0 Å². The lowest BCUT2D eigenvalue weighted by atomic mass is 10.1. The van der Waals surface area contributed by atoms with Crippen molar-refractivity contribution in [3.63, 3.8) is 0 Å². The number of amides is 1. The molecule has 3 rings (SSSR count). The summed E-state index contributed by atoms with van der Waals surface area (Å²) in [6, 6.07) is 11.9. The molecule has 2 aromatic rings. The number of aromatic carboxylic acids is 1. The van der Waals surface area contributed by atoms with Crippen LogP contribution in [0.25, 0.3) is 0 Å². The minimum absolute atomic E-state index is 0.189. The summed E-state index contributed by atoms with van der Waals surface area (Å²) in [5, 5.41) is 11.7. The molecule has 0 unspecified atom stereocenters. The van der Waals surface area contributed by atoms with Crippen LogP contribution in [0.3, 0.4) is 0 Å². The van der Waals surface area contributed by atoms with Gasteiger partial charge >= 0.3 is 5.97 Å². The van der Waals surface area contributed by atoms with Crippen LogP contribution < -0.4 is 5.32 Å². The zero-order chi connectivity index (χ0) is 16.4.